The van der Waals surface area contributed by atoms with E-state index in [0.29, 0.717) is 25.7 Å². The van der Waals surface area contributed by atoms with Gasteiger partial charge in [0.05, 0.1) is 26.4 Å². The van der Waals surface area contributed by atoms with Crippen LogP contribution in [0.2, 0.25) is 0 Å². The normalized spacial score (nSPS) is 14.3. The molecule has 0 aromatic heterocycles. The lowest BCUT2D eigenvalue weighted by atomic mass is 9.99. The van der Waals surface area contributed by atoms with Crippen molar-refractivity contribution in [3.8, 4) is 0 Å². The Hall–Kier alpha value is -1.94. The molecule has 0 aliphatic rings. The number of carbonyl (C=O) groups is 4. The van der Waals surface area contributed by atoms with Crippen molar-refractivity contribution >= 4 is 39.5 Å². The molecule has 0 amide bonds. The Labute approximate surface area is 600 Å². The van der Waals surface area contributed by atoms with Gasteiger partial charge in [-0.25, -0.2) is 9.13 Å². The van der Waals surface area contributed by atoms with Gasteiger partial charge in [-0.3, -0.25) is 37.3 Å². The largest absolute Gasteiger partial charge is 0.472 e. The van der Waals surface area contributed by atoms with Gasteiger partial charge in [0, 0.05) is 25.7 Å². The molecule has 0 aliphatic heterocycles. The van der Waals surface area contributed by atoms with Gasteiger partial charge in [-0.05, 0) is 43.4 Å². The van der Waals surface area contributed by atoms with Crippen LogP contribution in [0.3, 0.4) is 0 Å². The highest BCUT2D eigenvalue weighted by Gasteiger charge is 2.30. The van der Waals surface area contributed by atoms with Crippen molar-refractivity contribution in [2.45, 2.75) is 426 Å². The van der Waals surface area contributed by atoms with E-state index in [1.54, 1.807) is 0 Å². The van der Waals surface area contributed by atoms with Gasteiger partial charge >= 0.3 is 39.5 Å². The van der Waals surface area contributed by atoms with Crippen molar-refractivity contribution < 1.29 is 80.2 Å². The average Bonchev–Trinajstić information content (AvgIpc) is 3.41. The number of unbranched alkanes of at least 4 members (excludes halogenated alkanes) is 44. The fourth-order valence-corrected chi connectivity index (χ4v) is 13.7. The van der Waals surface area contributed by atoms with Crippen molar-refractivity contribution in [2.24, 2.45) is 17.8 Å². The second-order valence-corrected chi connectivity index (χ2v) is 32.6. The topological polar surface area (TPSA) is 237 Å². The molecule has 19 heteroatoms. The molecule has 0 aromatic carbocycles. The van der Waals surface area contributed by atoms with Crippen molar-refractivity contribution in [3.05, 3.63) is 0 Å². The monoisotopic (exact) mass is 1440 g/mol. The van der Waals surface area contributed by atoms with E-state index in [1.807, 2.05) is 0 Å². The number of phosphoric ester groups is 2. The van der Waals surface area contributed by atoms with E-state index < -0.39 is 97.5 Å². The molecule has 0 saturated heterocycles. The average molecular weight is 1440 g/mol. The lowest BCUT2D eigenvalue weighted by molar-refractivity contribution is -0.161. The van der Waals surface area contributed by atoms with Crippen LogP contribution in [-0.2, 0) is 65.4 Å². The number of rotatable bonds is 77. The van der Waals surface area contributed by atoms with E-state index in [9.17, 15) is 43.2 Å². The summed E-state index contributed by atoms with van der Waals surface area (Å²) in [6.07, 6.45) is 56.9. The Morgan fingerprint density at radius 1 is 0.296 bits per heavy atom. The maximum Gasteiger partial charge on any atom is 0.472 e. The number of carbonyl (C=O) groups excluding carboxylic acids is 4. The second-order valence-electron chi connectivity index (χ2n) is 29.6. The summed E-state index contributed by atoms with van der Waals surface area (Å²) in [4.78, 5) is 72.9. The van der Waals surface area contributed by atoms with Gasteiger partial charge in [0.1, 0.15) is 19.3 Å². The predicted octanol–water partition coefficient (Wildman–Crippen LogP) is 23.4. The van der Waals surface area contributed by atoms with Gasteiger partial charge < -0.3 is 33.8 Å². The third-order valence-corrected chi connectivity index (χ3v) is 20.6. The van der Waals surface area contributed by atoms with Gasteiger partial charge in [0.15, 0.2) is 12.2 Å². The van der Waals surface area contributed by atoms with E-state index in [0.717, 1.165) is 108 Å². The molecule has 6 atom stereocenters. The van der Waals surface area contributed by atoms with E-state index in [1.165, 1.54) is 218 Å². The summed E-state index contributed by atoms with van der Waals surface area (Å²) in [7, 11) is -9.91. The number of ether oxygens (including phenoxy) is 4. The van der Waals surface area contributed by atoms with Crippen LogP contribution in [0.5, 0.6) is 0 Å². The van der Waals surface area contributed by atoms with Crippen LogP contribution in [-0.4, -0.2) is 96.7 Å². The molecule has 0 radical (unpaired) electrons. The number of esters is 4. The number of hydrogen-bond acceptors (Lipinski definition) is 15. The van der Waals surface area contributed by atoms with Crippen molar-refractivity contribution in [1.29, 1.82) is 0 Å². The fourth-order valence-electron chi connectivity index (χ4n) is 12.1. The molecule has 3 N–H and O–H groups in total. The van der Waals surface area contributed by atoms with E-state index in [-0.39, 0.29) is 25.7 Å². The Kier molecular flexibility index (Phi) is 68.1. The van der Waals surface area contributed by atoms with Crippen LogP contribution in [0.4, 0.5) is 0 Å². The standard InChI is InChI=1S/C79H154O17P2/c1-8-10-11-12-13-29-39-46-53-60-76(81)89-66-75(96-79(84)63-56-49-42-35-34-38-45-52-59-72(7)9-2)69-94-98(87,88)92-65-73(80)64-91-97(85,86)93-68-74(67-90-77(82)61-54-47-40-32-27-24-20-22-26-31-37-44-51-58-71(5)6)95-78(83)62-55-48-41-33-28-23-19-17-15-14-16-18-21-25-30-36-43-50-57-70(3)4/h70-75,80H,8-69H2,1-7H3,(H,85,86)(H,87,88)/t72?,73-,74-,75-/m1/s1. The summed E-state index contributed by atoms with van der Waals surface area (Å²) >= 11 is 0. The molecule has 17 nitrogen and oxygen atoms in total. The SMILES string of the molecule is CCCCCCCCCCCC(=O)OC[C@H](COP(=O)(O)OC[C@H](O)COP(=O)(O)OC[C@@H](COC(=O)CCCCCCCCCCCCCCCC(C)C)OC(=O)CCCCCCCCCCCCCCCCCCCCC(C)C)OC(=O)CCCCCCCCCCC(C)CC. The summed E-state index contributed by atoms with van der Waals surface area (Å²) in [5.74, 6) is 0.265. The highest BCUT2D eigenvalue weighted by atomic mass is 31.2. The molecule has 0 aliphatic carbocycles. The molecular weight excluding hydrogens is 1280 g/mol. The first-order valence-corrected chi connectivity index (χ1v) is 43.9. The van der Waals surface area contributed by atoms with Crippen molar-refractivity contribution in [3.63, 3.8) is 0 Å². The first kappa shape index (κ1) is 96.1. The molecule has 0 spiro atoms. The molecular formula is C79H154O17P2. The third kappa shape index (κ3) is 71.1. The first-order chi connectivity index (χ1) is 47.3. The Balaban J connectivity index is 5.21. The van der Waals surface area contributed by atoms with Gasteiger partial charge in [-0.1, -0.05) is 357 Å². The molecule has 0 saturated carbocycles. The number of aliphatic hydroxyl groups excluding tert-OH is 1. The molecule has 0 bridgehead atoms. The Bertz CT molecular complexity index is 1910. The lowest BCUT2D eigenvalue weighted by Gasteiger charge is -2.21. The first-order valence-electron chi connectivity index (χ1n) is 40.9. The minimum absolute atomic E-state index is 0.105. The van der Waals surface area contributed by atoms with E-state index in [2.05, 4.69) is 48.5 Å². The maximum atomic E-state index is 13.1. The van der Waals surface area contributed by atoms with Crippen LogP contribution in [0, 0.1) is 17.8 Å². The molecule has 0 fully saturated rings. The van der Waals surface area contributed by atoms with Crippen LogP contribution in [0.15, 0.2) is 0 Å². The van der Waals surface area contributed by atoms with Crippen LogP contribution in [0.25, 0.3) is 0 Å². The van der Waals surface area contributed by atoms with E-state index in [4.69, 9.17) is 37.0 Å². The molecule has 3 unspecified atom stereocenters. The summed E-state index contributed by atoms with van der Waals surface area (Å²) in [5.41, 5.74) is 0. The zero-order valence-electron chi connectivity index (χ0n) is 64.3. The van der Waals surface area contributed by atoms with Crippen LogP contribution >= 0.6 is 15.6 Å². The van der Waals surface area contributed by atoms with E-state index >= 15 is 0 Å². The minimum atomic E-state index is -4.96. The quantitative estimate of drug-likeness (QED) is 0.0222. The zero-order valence-corrected chi connectivity index (χ0v) is 66.0. The molecule has 98 heavy (non-hydrogen) atoms. The molecule has 0 heterocycles. The molecule has 0 rings (SSSR count). The maximum absolute atomic E-state index is 13.1. The highest BCUT2D eigenvalue weighted by molar-refractivity contribution is 7.47. The Morgan fingerprint density at radius 2 is 0.520 bits per heavy atom. The summed E-state index contributed by atoms with van der Waals surface area (Å²) in [6.45, 7) is 12.0. The predicted molar refractivity (Wildman–Crippen MR) is 400 cm³/mol. The molecule has 0 aromatic rings. The van der Waals surface area contributed by atoms with Crippen molar-refractivity contribution in [2.75, 3.05) is 39.6 Å². The summed E-state index contributed by atoms with van der Waals surface area (Å²) < 4.78 is 68.6. The number of hydrogen-bond donors (Lipinski definition) is 3. The van der Waals surface area contributed by atoms with Crippen LogP contribution in [0.1, 0.15) is 408 Å². The second kappa shape index (κ2) is 69.4. The summed E-state index contributed by atoms with van der Waals surface area (Å²) in [5, 5.41) is 10.6. The fraction of sp³-hybridized carbons (Fsp3) is 0.949. The van der Waals surface area contributed by atoms with Gasteiger partial charge in [0.2, 0.25) is 0 Å². The zero-order chi connectivity index (χ0) is 72.3. The van der Waals surface area contributed by atoms with Crippen LogP contribution < -0.4 is 0 Å². The molecule has 582 valence electrons. The Morgan fingerprint density at radius 3 is 0.776 bits per heavy atom. The summed E-state index contributed by atoms with van der Waals surface area (Å²) in [6, 6.07) is 0. The minimum Gasteiger partial charge on any atom is -0.462 e. The lowest BCUT2D eigenvalue weighted by Crippen LogP contribution is -2.30. The third-order valence-electron chi connectivity index (χ3n) is 18.7. The number of aliphatic hydroxyl groups is 1. The van der Waals surface area contributed by atoms with Crippen molar-refractivity contribution in [1.82, 2.24) is 0 Å². The number of phosphoric acid groups is 2. The smallest absolute Gasteiger partial charge is 0.462 e. The van der Waals surface area contributed by atoms with Gasteiger partial charge in [-0.15, -0.1) is 0 Å². The van der Waals surface area contributed by atoms with Gasteiger partial charge in [0.25, 0.3) is 0 Å². The van der Waals surface area contributed by atoms with Gasteiger partial charge in [-0.2, -0.15) is 0 Å². The highest BCUT2D eigenvalue weighted by Crippen LogP contribution is 2.45.